The van der Waals surface area contributed by atoms with Crippen molar-refractivity contribution in [2.45, 2.75) is 0 Å². The molecule has 0 atom stereocenters. The van der Waals surface area contributed by atoms with Gasteiger partial charge in [-0.2, -0.15) is 5.12 Å². The molecule has 3 rings (SSSR count). The second-order valence-corrected chi connectivity index (χ2v) is 3.87. The summed E-state index contributed by atoms with van der Waals surface area (Å²) in [5, 5.41) is 7.78. The van der Waals surface area contributed by atoms with E-state index in [2.05, 4.69) is 10.5 Å². The quantitative estimate of drug-likeness (QED) is 0.837. The zero-order chi connectivity index (χ0) is 12.4. The van der Waals surface area contributed by atoms with Crippen LogP contribution in [0.15, 0.2) is 65.8 Å². The molecule has 0 fully saturated rings. The lowest BCUT2D eigenvalue weighted by Gasteiger charge is -2.27. The molecule has 0 aliphatic carbocycles. The lowest BCUT2D eigenvalue weighted by Crippen LogP contribution is -2.46. The van der Waals surface area contributed by atoms with Gasteiger partial charge in [-0.25, -0.2) is 5.43 Å². The summed E-state index contributed by atoms with van der Waals surface area (Å²) in [4.78, 5) is 0. The molecule has 3 N–H and O–H groups in total. The maximum atomic E-state index is 5.75. The maximum absolute atomic E-state index is 5.75. The number of hydrogen-bond acceptors (Lipinski definition) is 5. The van der Waals surface area contributed by atoms with Crippen LogP contribution >= 0.6 is 0 Å². The van der Waals surface area contributed by atoms with Gasteiger partial charge < -0.3 is 5.73 Å². The number of hydrogen-bond donors (Lipinski definition) is 2. The van der Waals surface area contributed by atoms with Crippen LogP contribution < -0.4 is 21.4 Å². The zero-order valence-corrected chi connectivity index (χ0v) is 9.69. The summed E-state index contributed by atoms with van der Waals surface area (Å²) in [6.45, 7) is 0. The van der Waals surface area contributed by atoms with Crippen LogP contribution in [-0.2, 0) is 0 Å². The Bertz CT molecular complexity index is 552. The van der Waals surface area contributed by atoms with Crippen LogP contribution in [0.3, 0.4) is 0 Å². The minimum absolute atomic E-state index is 0.364. The van der Waals surface area contributed by atoms with Crippen molar-refractivity contribution in [3.05, 3.63) is 60.7 Å². The molecule has 5 nitrogen and oxygen atoms in total. The summed E-state index contributed by atoms with van der Waals surface area (Å²) in [6, 6.07) is 19.7. The summed E-state index contributed by atoms with van der Waals surface area (Å²) >= 11 is 0. The van der Waals surface area contributed by atoms with Crippen LogP contribution in [0.25, 0.3) is 0 Å². The predicted molar refractivity (Wildman–Crippen MR) is 72.6 cm³/mol. The Hall–Kier alpha value is -2.69. The molecule has 0 saturated carbocycles. The predicted octanol–water partition coefficient (Wildman–Crippen LogP) is 1.66. The third-order valence-corrected chi connectivity index (χ3v) is 2.60. The first-order valence-electron chi connectivity index (χ1n) is 5.65. The third-order valence-electron chi connectivity index (χ3n) is 2.60. The summed E-state index contributed by atoms with van der Waals surface area (Å²) in [6.07, 6.45) is 0. The van der Waals surface area contributed by atoms with E-state index in [-0.39, 0.29) is 0 Å². The molecule has 0 unspecified atom stereocenters. The molecule has 0 radical (unpaired) electrons. The number of anilines is 2. The van der Waals surface area contributed by atoms with Gasteiger partial charge in [-0.1, -0.05) is 36.4 Å². The van der Waals surface area contributed by atoms with E-state index in [4.69, 9.17) is 5.73 Å². The van der Waals surface area contributed by atoms with Crippen molar-refractivity contribution in [1.82, 2.24) is 5.43 Å². The van der Waals surface area contributed by atoms with E-state index < -0.39 is 0 Å². The van der Waals surface area contributed by atoms with E-state index in [1.54, 1.807) is 10.2 Å². The van der Waals surface area contributed by atoms with Crippen molar-refractivity contribution in [3.63, 3.8) is 0 Å². The zero-order valence-electron chi connectivity index (χ0n) is 9.69. The normalized spacial score (nSPS) is 14.3. The van der Waals surface area contributed by atoms with Gasteiger partial charge in [0.1, 0.15) is 0 Å². The maximum Gasteiger partial charge on any atom is 0.234 e. The first kappa shape index (κ1) is 10.5. The summed E-state index contributed by atoms with van der Waals surface area (Å²) in [5.74, 6) is 0.364. The van der Waals surface area contributed by atoms with E-state index in [1.807, 2.05) is 60.7 Å². The van der Waals surface area contributed by atoms with E-state index in [9.17, 15) is 0 Å². The first-order chi connectivity index (χ1) is 8.84. The molecule has 0 saturated heterocycles. The van der Waals surface area contributed by atoms with E-state index in [0.29, 0.717) is 5.96 Å². The average Bonchev–Trinajstić information content (AvgIpc) is 2.83. The van der Waals surface area contributed by atoms with Crippen LogP contribution in [0.4, 0.5) is 11.4 Å². The molecule has 90 valence electrons. The lowest BCUT2D eigenvalue weighted by atomic mass is 10.3. The molecule has 0 spiro atoms. The smallest absolute Gasteiger partial charge is 0.234 e. The number of nitrogens with zero attached hydrogens (tertiary/aromatic N) is 3. The van der Waals surface area contributed by atoms with Gasteiger partial charge in [-0.05, 0) is 24.3 Å². The number of hydrazine groups is 2. The fraction of sp³-hybridized carbons (Fsp3) is 0. The molecular weight excluding hydrogens is 226 g/mol. The van der Waals surface area contributed by atoms with Crippen molar-refractivity contribution in [2.75, 3.05) is 10.2 Å². The number of nitrogens with one attached hydrogen (secondary N) is 1. The molecule has 0 amide bonds. The Morgan fingerprint density at radius 3 is 2.00 bits per heavy atom. The van der Waals surface area contributed by atoms with Crippen LogP contribution in [-0.4, -0.2) is 5.96 Å². The van der Waals surface area contributed by atoms with E-state index >= 15 is 0 Å². The highest BCUT2D eigenvalue weighted by Gasteiger charge is 2.23. The number of guanidine groups is 1. The molecule has 2 aromatic carbocycles. The van der Waals surface area contributed by atoms with Crippen molar-refractivity contribution in [3.8, 4) is 0 Å². The minimum atomic E-state index is 0.364. The van der Waals surface area contributed by atoms with Gasteiger partial charge in [0, 0.05) is 0 Å². The fourth-order valence-electron chi connectivity index (χ4n) is 1.80. The molecular formula is C13H13N5. The van der Waals surface area contributed by atoms with Gasteiger partial charge in [0.05, 0.1) is 11.4 Å². The largest absolute Gasteiger partial charge is 0.367 e. The van der Waals surface area contributed by atoms with Crippen molar-refractivity contribution in [2.24, 2.45) is 10.8 Å². The molecule has 1 heterocycles. The molecule has 18 heavy (non-hydrogen) atoms. The van der Waals surface area contributed by atoms with Crippen molar-refractivity contribution in [1.29, 1.82) is 0 Å². The molecule has 5 heteroatoms. The van der Waals surface area contributed by atoms with Gasteiger partial charge in [-0.3, -0.25) is 0 Å². The SMILES string of the molecule is NC1=NN(c2ccccc2)N(c2ccccc2)N1. The minimum Gasteiger partial charge on any atom is -0.367 e. The highest BCUT2D eigenvalue weighted by Crippen LogP contribution is 2.23. The van der Waals surface area contributed by atoms with Gasteiger partial charge in [0.25, 0.3) is 0 Å². The Kier molecular flexibility index (Phi) is 2.49. The molecule has 1 aliphatic rings. The van der Waals surface area contributed by atoms with Crippen molar-refractivity contribution >= 4 is 17.3 Å². The number of benzene rings is 2. The summed E-state index contributed by atoms with van der Waals surface area (Å²) < 4.78 is 0. The van der Waals surface area contributed by atoms with Gasteiger partial charge in [0.2, 0.25) is 5.96 Å². The lowest BCUT2D eigenvalue weighted by molar-refractivity contribution is 0.770. The molecule has 0 aromatic heterocycles. The van der Waals surface area contributed by atoms with Gasteiger partial charge in [0.15, 0.2) is 0 Å². The molecule has 0 bridgehead atoms. The van der Waals surface area contributed by atoms with Crippen LogP contribution in [0.5, 0.6) is 0 Å². The Balaban J connectivity index is 1.97. The van der Waals surface area contributed by atoms with E-state index in [0.717, 1.165) is 11.4 Å². The number of rotatable bonds is 2. The number of hydrazone groups is 1. The fourth-order valence-corrected chi connectivity index (χ4v) is 1.80. The van der Waals surface area contributed by atoms with Crippen LogP contribution in [0.2, 0.25) is 0 Å². The number of para-hydroxylation sites is 2. The molecule has 2 aromatic rings. The second kappa shape index (κ2) is 4.29. The highest BCUT2D eigenvalue weighted by molar-refractivity contribution is 5.84. The standard InChI is InChI=1S/C13H13N5/c14-13-15-17(11-7-3-1-4-8-11)18(16-13)12-9-5-2-6-10-12/h1-10H,(H3,14,15,16). The average molecular weight is 239 g/mol. The highest BCUT2D eigenvalue weighted by atomic mass is 16.0. The summed E-state index contributed by atoms with van der Waals surface area (Å²) in [5.41, 5.74) is 10.7. The second-order valence-electron chi connectivity index (χ2n) is 3.87. The first-order valence-corrected chi connectivity index (χ1v) is 5.65. The molecule has 1 aliphatic heterocycles. The topological polar surface area (TPSA) is 56.9 Å². The summed E-state index contributed by atoms with van der Waals surface area (Å²) in [7, 11) is 0. The third kappa shape index (κ3) is 1.82. The Labute approximate surface area is 105 Å². The van der Waals surface area contributed by atoms with Crippen molar-refractivity contribution < 1.29 is 0 Å². The van der Waals surface area contributed by atoms with Crippen LogP contribution in [0.1, 0.15) is 0 Å². The Morgan fingerprint density at radius 2 is 1.39 bits per heavy atom. The van der Waals surface area contributed by atoms with E-state index in [1.165, 1.54) is 0 Å². The number of nitrogens with two attached hydrogens (primary N) is 1. The van der Waals surface area contributed by atoms with Gasteiger partial charge in [-0.15, -0.1) is 10.2 Å². The van der Waals surface area contributed by atoms with Gasteiger partial charge >= 0.3 is 0 Å². The van der Waals surface area contributed by atoms with Crippen LogP contribution in [0, 0.1) is 0 Å². The Morgan fingerprint density at radius 1 is 0.833 bits per heavy atom. The monoisotopic (exact) mass is 239 g/mol.